The zero-order valence-corrected chi connectivity index (χ0v) is 15.5. The number of hydrogen-bond acceptors (Lipinski definition) is 6. The van der Waals surface area contributed by atoms with Gasteiger partial charge >= 0.3 is 0 Å². The summed E-state index contributed by atoms with van der Waals surface area (Å²) in [6, 6.07) is 4.92. The van der Waals surface area contributed by atoms with Crippen molar-refractivity contribution in [1.82, 2.24) is 9.97 Å². The lowest BCUT2D eigenvalue weighted by molar-refractivity contribution is 0.102. The Morgan fingerprint density at radius 2 is 1.81 bits per heavy atom. The maximum absolute atomic E-state index is 12.7. The number of ether oxygens (including phenoxy) is 2. The van der Waals surface area contributed by atoms with Gasteiger partial charge in [-0.1, -0.05) is 11.6 Å². The van der Waals surface area contributed by atoms with Crippen LogP contribution >= 0.6 is 11.6 Å². The largest absolute Gasteiger partial charge is 0.495 e. The molecule has 0 bridgehead atoms. The predicted octanol–water partition coefficient (Wildman–Crippen LogP) is 3.39. The summed E-state index contributed by atoms with van der Waals surface area (Å²) in [6.07, 6.45) is 4.91. The van der Waals surface area contributed by atoms with E-state index in [-0.39, 0.29) is 11.6 Å². The van der Waals surface area contributed by atoms with E-state index in [0.29, 0.717) is 22.2 Å². The lowest BCUT2D eigenvalue weighted by atomic mass is 10.1. The third-order valence-electron chi connectivity index (χ3n) is 4.29. The first-order valence-corrected chi connectivity index (χ1v) is 8.80. The van der Waals surface area contributed by atoms with E-state index in [1.807, 2.05) is 0 Å². The first kappa shape index (κ1) is 18.3. The Hall–Kier alpha value is -2.54. The lowest BCUT2D eigenvalue weighted by Gasteiger charge is -2.27. The summed E-state index contributed by atoms with van der Waals surface area (Å²) >= 11 is 6.10. The molecule has 0 saturated carbocycles. The third kappa shape index (κ3) is 3.99. The number of hydrogen-bond donors (Lipinski definition) is 1. The molecule has 0 radical (unpaired) electrons. The van der Waals surface area contributed by atoms with E-state index in [1.54, 1.807) is 18.2 Å². The number of carbonyl (C=O) groups excluding carboxylic acids is 1. The number of nitrogens with one attached hydrogen (secondary N) is 1. The molecule has 1 saturated heterocycles. The van der Waals surface area contributed by atoms with Gasteiger partial charge in [-0.2, -0.15) is 0 Å². The van der Waals surface area contributed by atoms with Gasteiger partial charge in [-0.15, -0.1) is 0 Å². The molecule has 1 aliphatic rings. The summed E-state index contributed by atoms with van der Waals surface area (Å²) in [6.45, 7) is 1.89. The number of carbonyl (C=O) groups is 1. The smallest absolute Gasteiger partial charge is 0.274 e. The van der Waals surface area contributed by atoms with E-state index < -0.39 is 0 Å². The van der Waals surface area contributed by atoms with Gasteiger partial charge in [0.25, 0.3) is 5.91 Å². The Labute approximate surface area is 157 Å². The second kappa shape index (κ2) is 8.23. The number of rotatable bonds is 5. The van der Waals surface area contributed by atoms with E-state index in [9.17, 15) is 4.79 Å². The summed E-state index contributed by atoms with van der Waals surface area (Å²) in [7, 11) is 3.02. The van der Waals surface area contributed by atoms with Crippen molar-refractivity contribution in [3.05, 3.63) is 35.2 Å². The average Bonchev–Trinajstić information content (AvgIpc) is 2.69. The highest BCUT2D eigenvalue weighted by Crippen LogP contribution is 2.36. The van der Waals surface area contributed by atoms with Crippen molar-refractivity contribution in [2.75, 3.05) is 37.5 Å². The summed E-state index contributed by atoms with van der Waals surface area (Å²) in [5.41, 5.74) is 0.744. The molecule has 0 aliphatic carbocycles. The van der Waals surface area contributed by atoms with Crippen LogP contribution in [0.4, 0.5) is 11.5 Å². The highest BCUT2D eigenvalue weighted by atomic mass is 35.5. The molecule has 1 aliphatic heterocycles. The monoisotopic (exact) mass is 376 g/mol. The minimum atomic E-state index is -0.353. The van der Waals surface area contributed by atoms with Crippen LogP contribution in [-0.2, 0) is 0 Å². The minimum Gasteiger partial charge on any atom is -0.495 e. The van der Waals surface area contributed by atoms with Crippen LogP contribution in [0.2, 0.25) is 5.02 Å². The molecule has 1 amide bonds. The number of piperidine rings is 1. The van der Waals surface area contributed by atoms with E-state index >= 15 is 0 Å². The Morgan fingerprint density at radius 3 is 2.50 bits per heavy atom. The second-order valence-corrected chi connectivity index (χ2v) is 6.36. The molecular formula is C18H21ClN4O3. The number of aromatic nitrogens is 2. The van der Waals surface area contributed by atoms with Crippen molar-refractivity contribution < 1.29 is 14.3 Å². The molecule has 2 aromatic rings. The summed E-state index contributed by atoms with van der Waals surface area (Å²) in [4.78, 5) is 23.2. The molecule has 7 nitrogen and oxygen atoms in total. The van der Waals surface area contributed by atoms with Gasteiger partial charge in [-0.25, -0.2) is 9.97 Å². The standard InChI is InChI=1S/C18H21ClN4O3/c1-25-15-9-13(16(26-2)8-12(15)19)22-18(24)14-10-17(21-11-20-14)23-6-4-3-5-7-23/h8-11H,3-7H2,1-2H3,(H,22,24). The van der Waals surface area contributed by atoms with Crippen LogP contribution in [0, 0.1) is 0 Å². The maximum Gasteiger partial charge on any atom is 0.274 e. The molecule has 3 rings (SSSR count). The van der Waals surface area contributed by atoms with Crippen LogP contribution in [0.15, 0.2) is 24.5 Å². The van der Waals surface area contributed by atoms with Gasteiger partial charge in [0.1, 0.15) is 29.3 Å². The van der Waals surface area contributed by atoms with E-state index in [4.69, 9.17) is 21.1 Å². The zero-order chi connectivity index (χ0) is 18.5. The van der Waals surface area contributed by atoms with E-state index in [1.165, 1.54) is 27.0 Å². The van der Waals surface area contributed by atoms with Gasteiger partial charge in [0, 0.05) is 31.3 Å². The molecule has 1 aromatic heterocycles. The molecule has 0 spiro atoms. The molecule has 1 aromatic carbocycles. The molecule has 1 N–H and O–H groups in total. The van der Waals surface area contributed by atoms with Gasteiger partial charge in [0.2, 0.25) is 0 Å². The van der Waals surface area contributed by atoms with Gasteiger partial charge in [0.15, 0.2) is 0 Å². The van der Waals surface area contributed by atoms with Gasteiger partial charge in [0.05, 0.1) is 24.9 Å². The van der Waals surface area contributed by atoms with Crippen molar-refractivity contribution >= 4 is 29.0 Å². The van der Waals surface area contributed by atoms with Crippen molar-refractivity contribution in [1.29, 1.82) is 0 Å². The van der Waals surface area contributed by atoms with E-state index in [2.05, 4.69) is 20.2 Å². The fourth-order valence-electron chi connectivity index (χ4n) is 2.91. The Kier molecular flexibility index (Phi) is 5.78. The predicted molar refractivity (Wildman–Crippen MR) is 101 cm³/mol. The van der Waals surface area contributed by atoms with Crippen LogP contribution in [0.25, 0.3) is 0 Å². The number of anilines is 2. The Morgan fingerprint density at radius 1 is 1.08 bits per heavy atom. The van der Waals surface area contributed by atoms with Crippen LogP contribution in [0.5, 0.6) is 11.5 Å². The van der Waals surface area contributed by atoms with Gasteiger partial charge < -0.3 is 19.7 Å². The molecule has 26 heavy (non-hydrogen) atoms. The Bertz CT molecular complexity index is 794. The van der Waals surface area contributed by atoms with Crippen LogP contribution in [0.3, 0.4) is 0 Å². The van der Waals surface area contributed by atoms with Gasteiger partial charge in [-0.05, 0) is 19.3 Å². The molecule has 2 heterocycles. The number of methoxy groups -OCH3 is 2. The average molecular weight is 377 g/mol. The lowest BCUT2D eigenvalue weighted by Crippen LogP contribution is -2.30. The second-order valence-electron chi connectivity index (χ2n) is 5.95. The fraction of sp³-hybridized carbons (Fsp3) is 0.389. The Balaban J connectivity index is 1.82. The van der Waals surface area contributed by atoms with Crippen molar-refractivity contribution in [2.45, 2.75) is 19.3 Å². The molecular weight excluding hydrogens is 356 g/mol. The number of benzene rings is 1. The fourth-order valence-corrected chi connectivity index (χ4v) is 3.14. The number of halogens is 1. The first-order chi connectivity index (χ1) is 12.6. The zero-order valence-electron chi connectivity index (χ0n) is 14.8. The number of nitrogens with zero attached hydrogens (tertiary/aromatic N) is 3. The van der Waals surface area contributed by atoms with Crippen molar-refractivity contribution in [2.24, 2.45) is 0 Å². The maximum atomic E-state index is 12.7. The van der Waals surface area contributed by atoms with Crippen molar-refractivity contribution in [3.8, 4) is 11.5 Å². The van der Waals surface area contributed by atoms with Crippen LogP contribution in [0.1, 0.15) is 29.8 Å². The molecule has 0 unspecified atom stereocenters. The minimum absolute atomic E-state index is 0.288. The molecule has 8 heteroatoms. The third-order valence-corrected chi connectivity index (χ3v) is 4.58. The first-order valence-electron chi connectivity index (χ1n) is 8.42. The highest BCUT2D eigenvalue weighted by molar-refractivity contribution is 6.32. The quantitative estimate of drug-likeness (QED) is 0.861. The summed E-state index contributed by atoms with van der Waals surface area (Å²) < 4.78 is 10.5. The van der Waals surface area contributed by atoms with E-state index in [0.717, 1.165) is 31.7 Å². The van der Waals surface area contributed by atoms with Crippen molar-refractivity contribution in [3.63, 3.8) is 0 Å². The highest BCUT2D eigenvalue weighted by Gasteiger charge is 2.17. The molecule has 1 fully saturated rings. The normalized spacial score (nSPS) is 14.0. The van der Waals surface area contributed by atoms with Gasteiger partial charge in [-0.3, -0.25) is 4.79 Å². The topological polar surface area (TPSA) is 76.6 Å². The summed E-state index contributed by atoms with van der Waals surface area (Å²) in [5, 5.41) is 3.20. The SMILES string of the molecule is COc1cc(NC(=O)c2cc(N3CCCCC3)ncn2)c(OC)cc1Cl. The van der Waals surface area contributed by atoms with Crippen LogP contribution < -0.4 is 19.7 Å². The number of amides is 1. The molecule has 0 atom stereocenters. The summed E-state index contributed by atoms with van der Waals surface area (Å²) in [5.74, 6) is 1.30. The van der Waals surface area contributed by atoms with Crippen LogP contribution in [-0.4, -0.2) is 43.2 Å². The molecule has 138 valence electrons.